The molecule has 0 aliphatic heterocycles. The van der Waals surface area contributed by atoms with Gasteiger partial charge in [0.25, 0.3) is 0 Å². The number of rotatable bonds is 20. The van der Waals surface area contributed by atoms with Crippen LogP contribution in [0.15, 0.2) is 36.5 Å². The molecule has 0 fully saturated rings. The molecule has 0 amide bonds. The van der Waals surface area contributed by atoms with Crippen LogP contribution in [0.2, 0.25) is 0 Å². The molecule has 0 N–H and O–H groups in total. The van der Waals surface area contributed by atoms with Crippen LogP contribution in [-0.2, 0) is 0 Å². The third-order valence-electron chi connectivity index (χ3n) is 5.53. The van der Waals surface area contributed by atoms with Crippen molar-refractivity contribution in [3.63, 3.8) is 0 Å². The van der Waals surface area contributed by atoms with E-state index in [1.54, 1.807) is 0 Å². The van der Waals surface area contributed by atoms with E-state index in [9.17, 15) is 0 Å². The summed E-state index contributed by atoms with van der Waals surface area (Å²) in [6, 6.07) is 0. The number of hydrogen-bond donors (Lipinski definition) is 0. The zero-order valence-corrected chi connectivity index (χ0v) is 22.6. The molecule has 0 rings (SSSR count). The lowest BCUT2D eigenvalue weighted by Crippen LogP contribution is -1.84. The smallest absolute Gasteiger partial charge is 0.0169 e. The predicted octanol–water partition coefficient (Wildman–Crippen LogP) is 11.6. The van der Waals surface area contributed by atoms with E-state index in [0.717, 1.165) is 18.3 Å². The molecule has 0 bridgehead atoms. The summed E-state index contributed by atoms with van der Waals surface area (Å²) < 4.78 is 0. The van der Waals surface area contributed by atoms with Gasteiger partial charge in [-0.2, -0.15) is 0 Å². The van der Waals surface area contributed by atoms with Gasteiger partial charge in [-0.15, -0.1) is 0 Å². The fourth-order valence-electron chi connectivity index (χ4n) is 3.37. The average molecular weight is 433 g/mol. The quantitative estimate of drug-likeness (QED) is 0.132. The lowest BCUT2D eigenvalue weighted by Gasteiger charge is -2.00. The van der Waals surface area contributed by atoms with Crippen LogP contribution < -0.4 is 0 Å². The Morgan fingerprint density at radius 2 is 0.839 bits per heavy atom. The largest absolute Gasteiger partial charge is 0.0885 e. The van der Waals surface area contributed by atoms with Crippen molar-refractivity contribution >= 4 is 0 Å². The van der Waals surface area contributed by atoms with E-state index in [1.165, 1.54) is 103 Å². The highest BCUT2D eigenvalue weighted by atomic mass is 14.0. The number of allylic oxidation sites excluding steroid dienone is 6. The molecule has 0 aliphatic rings. The van der Waals surface area contributed by atoms with Gasteiger partial charge in [-0.05, 0) is 69.6 Å². The second-order valence-electron chi connectivity index (χ2n) is 10.00. The highest BCUT2D eigenvalue weighted by Crippen LogP contribution is 2.09. The minimum Gasteiger partial charge on any atom is -0.0885 e. The van der Waals surface area contributed by atoms with Gasteiger partial charge in [0.15, 0.2) is 0 Å². The molecule has 0 aromatic heterocycles. The van der Waals surface area contributed by atoms with Crippen molar-refractivity contribution in [1.29, 1.82) is 0 Å². The summed E-state index contributed by atoms with van der Waals surface area (Å²) in [6.07, 6.45) is 36.8. The van der Waals surface area contributed by atoms with Crippen LogP contribution in [0.4, 0.5) is 0 Å². The SMILES string of the molecule is CCCCC/C=C\C/C=C\CCCC(C)C.CCCCCCCC/C=C\CCC(C)C. The summed E-state index contributed by atoms with van der Waals surface area (Å²) in [6.45, 7) is 13.7. The zero-order chi connectivity index (χ0) is 23.4. The van der Waals surface area contributed by atoms with Crippen molar-refractivity contribution < 1.29 is 0 Å². The van der Waals surface area contributed by atoms with Gasteiger partial charge in [0.05, 0.1) is 0 Å². The second-order valence-corrected chi connectivity index (χ2v) is 10.00. The minimum absolute atomic E-state index is 0.851. The topological polar surface area (TPSA) is 0 Å². The Hall–Kier alpha value is -0.780. The molecule has 184 valence electrons. The first-order valence-electron chi connectivity index (χ1n) is 14.0. The second kappa shape index (κ2) is 29.2. The molecule has 0 aromatic carbocycles. The third kappa shape index (κ3) is 36.9. The normalized spacial score (nSPS) is 12.0. The molecule has 0 spiro atoms. The van der Waals surface area contributed by atoms with Gasteiger partial charge in [0, 0.05) is 0 Å². The first-order chi connectivity index (χ1) is 15.0. The molecule has 0 aromatic rings. The van der Waals surface area contributed by atoms with Gasteiger partial charge < -0.3 is 0 Å². The molecule has 0 nitrogen and oxygen atoms in total. The van der Waals surface area contributed by atoms with Crippen LogP contribution in [0.3, 0.4) is 0 Å². The van der Waals surface area contributed by atoms with Crippen molar-refractivity contribution in [3.05, 3.63) is 36.5 Å². The lowest BCUT2D eigenvalue weighted by atomic mass is 10.1. The van der Waals surface area contributed by atoms with Crippen molar-refractivity contribution in [3.8, 4) is 0 Å². The highest BCUT2D eigenvalue weighted by Gasteiger charge is 1.91. The van der Waals surface area contributed by atoms with Crippen LogP contribution in [0.1, 0.15) is 151 Å². The summed E-state index contributed by atoms with van der Waals surface area (Å²) in [5.41, 5.74) is 0. The lowest BCUT2D eigenvalue weighted by molar-refractivity contribution is 0.559. The standard InChI is InChI=1S/C16H30.C15H30/c1-4-5-6-7-8-9-10-11-12-13-14-15-16(2)3;1-4-5-6-7-8-9-10-11-12-13-14-15(2)3/h8-9,11-12,16H,4-7,10,13-15H2,1-3H3;11-12,15H,4-10,13-14H2,1-3H3/b9-8-,12-11-;12-11-. The van der Waals surface area contributed by atoms with Gasteiger partial charge in [0.2, 0.25) is 0 Å². The molecule has 0 saturated carbocycles. The van der Waals surface area contributed by atoms with E-state index in [4.69, 9.17) is 0 Å². The maximum atomic E-state index is 2.38. The van der Waals surface area contributed by atoms with E-state index in [-0.39, 0.29) is 0 Å². The number of unbranched alkanes of at least 4 members (excludes halogenated alkanes) is 10. The van der Waals surface area contributed by atoms with Crippen LogP contribution >= 0.6 is 0 Å². The molecule has 0 unspecified atom stereocenters. The molecular formula is C31H60. The fraction of sp³-hybridized carbons (Fsp3) is 0.806. The van der Waals surface area contributed by atoms with Gasteiger partial charge in [-0.25, -0.2) is 0 Å². The Balaban J connectivity index is 0. The van der Waals surface area contributed by atoms with Crippen molar-refractivity contribution in [2.75, 3.05) is 0 Å². The van der Waals surface area contributed by atoms with E-state index in [1.807, 2.05) is 0 Å². The Labute approximate surface area is 199 Å². The predicted molar refractivity (Wildman–Crippen MR) is 147 cm³/mol. The maximum Gasteiger partial charge on any atom is -0.0169 e. The van der Waals surface area contributed by atoms with Crippen LogP contribution in [0.25, 0.3) is 0 Å². The van der Waals surface area contributed by atoms with Crippen LogP contribution in [0, 0.1) is 11.8 Å². The molecule has 0 heterocycles. The van der Waals surface area contributed by atoms with Gasteiger partial charge in [-0.3, -0.25) is 0 Å². The third-order valence-corrected chi connectivity index (χ3v) is 5.53. The molecule has 31 heavy (non-hydrogen) atoms. The maximum absolute atomic E-state index is 2.38. The van der Waals surface area contributed by atoms with Crippen molar-refractivity contribution in [2.45, 2.75) is 151 Å². The Kier molecular flexibility index (Phi) is 30.5. The molecular weight excluding hydrogens is 372 g/mol. The average Bonchev–Trinajstić information content (AvgIpc) is 2.73. The molecule has 0 aliphatic carbocycles. The van der Waals surface area contributed by atoms with E-state index in [0.29, 0.717) is 0 Å². The van der Waals surface area contributed by atoms with Gasteiger partial charge in [-0.1, -0.05) is 129 Å². The van der Waals surface area contributed by atoms with Crippen LogP contribution in [0.5, 0.6) is 0 Å². The van der Waals surface area contributed by atoms with Crippen molar-refractivity contribution in [2.24, 2.45) is 11.8 Å². The van der Waals surface area contributed by atoms with E-state index >= 15 is 0 Å². The molecule has 0 atom stereocenters. The van der Waals surface area contributed by atoms with Gasteiger partial charge in [0.1, 0.15) is 0 Å². The first kappa shape index (κ1) is 32.4. The van der Waals surface area contributed by atoms with Crippen LogP contribution in [-0.4, -0.2) is 0 Å². The highest BCUT2D eigenvalue weighted by molar-refractivity contribution is 4.92. The van der Waals surface area contributed by atoms with E-state index < -0.39 is 0 Å². The zero-order valence-electron chi connectivity index (χ0n) is 22.6. The minimum atomic E-state index is 0.851. The first-order valence-corrected chi connectivity index (χ1v) is 14.0. The monoisotopic (exact) mass is 432 g/mol. The Morgan fingerprint density at radius 1 is 0.419 bits per heavy atom. The summed E-state index contributed by atoms with van der Waals surface area (Å²) >= 11 is 0. The van der Waals surface area contributed by atoms with Crippen molar-refractivity contribution in [1.82, 2.24) is 0 Å². The summed E-state index contributed by atoms with van der Waals surface area (Å²) in [7, 11) is 0. The summed E-state index contributed by atoms with van der Waals surface area (Å²) in [5.74, 6) is 1.70. The van der Waals surface area contributed by atoms with E-state index in [2.05, 4.69) is 78.0 Å². The van der Waals surface area contributed by atoms with Gasteiger partial charge >= 0.3 is 0 Å². The molecule has 0 heteroatoms. The summed E-state index contributed by atoms with van der Waals surface area (Å²) in [5, 5.41) is 0. The number of hydrogen-bond acceptors (Lipinski definition) is 0. The Bertz CT molecular complexity index is 383. The Morgan fingerprint density at radius 3 is 1.42 bits per heavy atom. The molecule has 0 saturated heterocycles. The fourth-order valence-corrected chi connectivity index (χ4v) is 3.37. The summed E-state index contributed by atoms with van der Waals surface area (Å²) in [4.78, 5) is 0. The molecule has 0 radical (unpaired) electrons.